The number of carbonyl (C=O) groups excluding carboxylic acids is 1. The molecule has 0 aromatic heterocycles. The highest BCUT2D eigenvalue weighted by molar-refractivity contribution is 5.94. The van der Waals surface area contributed by atoms with Crippen molar-refractivity contribution in [3.8, 4) is 11.5 Å². The standard InChI is InChI=1S/C18H18F2N2O3/c1-10(14-5-3-12(19)7-15(14)20)21-11(2)18(23)22-13-4-6-16-17(8-13)25-9-24-16/h3-8,10-11,21H,9H2,1-2H3,(H,22,23)/t10-,11+/m0/s1. The molecule has 5 nitrogen and oxygen atoms in total. The second-order valence-electron chi connectivity index (χ2n) is 5.83. The van der Waals surface area contributed by atoms with Crippen LogP contribution in [0.2, 0.25) is 0 Å². The average molecular weight is 348 g/mol. The zero-order chi connectivity index (χ0) is 18.0. The SMILES string of the molecule is C[C@H](N[C@H](C)C(=O)Nc1ccc2c(c1)OCO2)c1ccc(F)cc1F. The molecule has 0 saturated carbocycles. The van der Waals surface area contributed by atoms with Crippen LogP contribution in [0.1, 0.15) is 25.5 Å². The second kappa shape index (κ2) is 7.06. The van der Waals surface area contributed by atoms with Gasteiger partial charge in [-0.15, -0.1) is 0 Å². The highest BCUT2D eigenvalue weighted by Gasteiger charge is 2.20. The van der Waals surface area contributed by atoms with Crippen LogP contribution in [-0.4, -0.2) is 18.7 Å². The minimum absolute atomic E-state index is 0.158. The Morgan fingerprint density at radius 2 is 1.84 bits per heavy atom. The Labute approximate surface area is 143 Å². The first-order valence-electron chi connectivity index (χ1n) is 7.85. The van der Waals surface area contributed by atoms with Gasteiger partial charge in [0.1, 0.15) is 11.6 Å². The number of hydrogen-bond donors (Lipinski definition) is 2. The van der Waals surface area contributed by atoms with Gasteiger partial charge in [-0.25, -0.2) is 8.78 Å². The summed E-state index contributed by atoms with van der Waals surface area (Å²) < 4.78 is 37.3. The molecule has 1 aliphatic rings. The van der Waals surface area contributed by atoms with Crippen LogP contribution in [0.5, 0.6) is 11.5 Å². The highest BCUT2D eigenvalue weighted by Crippen LogP contribution is 2.34. The van der Waals surface area contributed by atoms with Crippen LogP contribution in [0, 0.1) is 11.6 Å². The Balaban J connectivity index is 1.62. The molecule has 0 unspecified atom stereocenters. The van der Waals surface area contributed by atoms with E-state index in [1.165, 1.54) is 12.1 Å². The fourth-order valence-electron chi connectivity index (χ4n) is 2.62. The molecule has 1 amide bonds. The van der Waals surface area contributed by atoms with Crippen LogP contribution < -0.4 is 20.1 Å². The Morgan fingerprint density at radius 3 is 2.60 bits per heavy atom. The molecule has 2 atom stereocenters. The third-order valence-corrected chi connectivity index (χ3v) is 3.96. The van der Waals surface area contributed by atoms with Crippen LogP contribution in [0.3, 0.4) is 0 Å². The number of rotatable bonds is 5. The number of benzene rings is 2. The van der Waals surface area contributed by atoms with Crippen LogP contribution in [0.4, 0.5) is 14.5 Å². The molecule has 0 fully saturated rings. The van der Waals surface area contributed by atoms with E-state index in [1.807, 2.05) is 0 Å². The second-order valence-corrected chi connectivity index (χ2v) is 5.83. The zero-order valence-electron chi connectivity index (χ0n) is 13.8. The predicted octanol–water partition coefficient (Wildman–Crippen LogP) is 3.37. The Kier molecular flexibility index (Phi) is 4.85. The summed E-state index contributed by atoms with van der Waals surface area (Å²) in [6.07, 6.45) is 0. The summed E-state index contributed by atoms with van der Waals surface area (Å²) in [4.78, 5) is 12.3. The molecule has 132 valence electrons. The zero-order valence-corrected chi connectivity index (χ0v) is 13.8. The van der Waals surface area contributed by atoms with E-state index in [-0.39, 0.29) is 12.7 Å². The van der Waals surface area contributed by atoms with Gasteiger partial charge in [0, 0.05) is 29.4 Å². The molecule has 1 aliphatic heterocycles. The Hall–Kier alpha value is -2.67. The molecule has 3 rings (SSSR count). The molecular formula is C18H18F2N2O3. The maximum atomic E-state index is 13.8. The maximum Gasteiger partial charge on any atom is 0.241 e. The number of nitrogens with one attached hydrogen (secondary N) is 2. The van der Waals surface area contributed by atoms with E-state index >= 15 is 0 Å². The van der Waals surface area contributed by atoms with Crippen LogP contribution >= 0.6 is 0 Å². The van der Waals surface area contributed by atoms with E-state index < -0.39 is 23.7 Å². The Bertz CT molecular complexity index is 798. The van der Waals surface area contributed by atoms with Gasteiger partial charge < -0.3 is 14.8 Å². The molecule has 0 bridgehead atoms. The molecule has 1 heterocycles. The lowest BCUT2D eigenvalue weighted by atomic mass is 10.1. The van der Waals surface area contributed by atoms with Crippen LogP contribution in [0.25, 0.3) is 0 Å². The topological polar surface area (TPSA) is 59.6 Å². The lowest BCUT2D eigenvalue weighted by Crippen LogP contribution is -2.39. The molecule has 0 spiro atoms. The minimum Gasteiger partial charge on any atom is -0.454 e. The summed E-state index contributed by atoms with van der Waals surface area (Å²) in [5.41, 5.74) is 0.868. The number of amides is 1. The van der Waals surface area contributed by atoms with Crippen molar-refractivity contribution in [2.75, 3.05) is 12.1 Å². The lowest BCUT2D eigenvalue weighted by molar-refractivity contribution is -0.117. The molecular weight excluding hydrogens is 330 g/mol. The molecule has 2 aromatic rings. The summed E-state index contributed by atoms with van der Waals surface area (Å²) >= 11 is 0. The summed E-state index contributed by atoms with van der Waals surface area (Å²) in [5.74, 6) is -0.372. The van der Waals surface area contributed by atoms with E-state index in [0.29, 0.717) is 22.7 Å². The first kappa shape index (κ1) is 17.2. The first-order valence-corrected chi connectivity index (χ1v) is 7.85. The van der Waals surface area contributed by atoms with E-state index in [2.05, 4.69) is 10.6 Å². The largest absolute Gasteiger partial charge is 0.454 e. The average Bonchev–Trinajstić information content (AvgIpc) is 3.02. The molecule has 0 radical (unpaired) electrons. The lowest BCUT2D eigenvalue weighted by Gasteiger charge is -2.20. The fraction of sp³-hybridized carbons (Fsp3) is 0.278. The molecule has 0 saturated heterocycles. The van der Waals surface area contributed by atoms with Gasteiger partial charge in [-0.2, -0.15) is 0 Å². The van der Waals surface area contributed by atoms with Gasteiger partial charge in [-0.1, -0.05) is 6.07 Å². The van der Waals surface area contributed by atoms with Gasteiger partial charge in [0.25, 0.3) is 0 Å². The van der Waals surface area contributed by atoms with Gasteiger partial charge in [0.2, 0.25) is 12.7 Å². The highest BCUT2D eigenvalue weighted by atomic mass is 19.1. The number of halogens is 2. The van der Waals surface area contributed by atoms with E-state index in [4.69, 9.17) is 9.47 Å². The quantitative estimate of drug-likeness (QED) is 0.870. The monoisotopic (exact) mass is 348 g/mol. The normalized spacial score (nSPS) is 14.9. The maximum absolute atomic E-state index is 13.8. The number of hydrogen-bond acceptors (Lipinski definition) is 4. The molecule has 25 heavy (non-hydrogen) atoms. The van der Waals surface area contributed by atoms with Crippen molar-refractivity contribution < 1.29 is 23.0 Å². The van der Waals surface area contributed by atoms with Crippen molar-refractivity contribution in [2.45, 2.75) is 25.9 Å². The van der Waals surface area contributed by atoms with Crippen molar-refractivity contribution >= 4 is 11.6 Å². The third kappa shape index (κ3) is 3.88. The minimum atomic E-state index is -0.650. The summed E-state index contributed by atoms with van der Waals surface area (Å²) in [6.45, 7) is 3.53. The van der Waals surface area contributed by atoms with Crippen molar-refractivity contribution in [1.29, 1.82) is 0 Å². The summed E-state index contributed by atoms with van der Waals surface area (Å²) in [5, 5.41) is 5.76. The smallest absolute Gasteiger partial charge is 0.241 e. The predicted molar refractivity (Wildman–Crippen MR) is 88.6 cm³/mol. The first-order chi connectivity index (χ1) is 11.9. The number of ether oxygens (including phenoxy) is 2. The molecule has 2 N–H and O–H groups in total. The van der Waals surface area contributed by atoms with Gasteiger partial charge >= 0.3 is 0 Å². The van der Waals surface area contributed by atoms with Crippen LogP contribution in [-0.2, 0) is 4.79 Å². The summed E-state index contributed by atoms with van der Waals surface area (Å²) in [7, 11) is 0. The fourth-order valence-corrected chi connectivity index (χ4v) is 2.62. The molecule has 7 heteroatoms. The number of carbonyl (C=O) groups is 1. The molecule has 2 aromatic carbocycles. The van der Waals surface area contributed by atoms with Gasteiger partial charge in [0.15, 0.2) is 11.5 Å². The third-order valence-electron chi connectivity index (χ3n) is 3.96. The summed E-state index contributed by atoms with van der Waals surface area (Å²) in [6, 6.07) is 7.43. The van der Waals surface area contributed by atoms with Crippen LogP contribution in [0.15, 0.2) is 36.4 Å². The van der Waals surface area contributed by atoms with Gasteiger partial charge in [-0.3, -0.25) is 10.1 Å². The number of anilines is 1. The van der Waals surface area contributed by atoms with Crippen molar-refractivity contribution in [2.24, 2.45) is 0 Å². The van der Waals surface area contributed by atoms with Gasteiger partial charge in [0.05, 0.1) is 6.04 Å². The van der Waals surface area contributed by atoms with Crippen molar-refractivity contribution in [3.05, 3.63) is 53.6 Å². The number of fused-ring (bicyclic) bond motifs is 1. The van der Waals surface area contributed by atoms with Crippen molar-refractivity contribution in [3.63, 3.8) is 0 Å². The van der Waals surface area contributed by atoms with E-state index in [1.54, 1.807) is 32.0 Å². The van der Waals surface area contributed by atoms with Gasteiger partial charge in [-0.05, 0) is 32.0 Å². The van der Waals surface area contributed by atoms with E-state index in [9.17, 15) is 13.6 Å². The van der Waals surface area contributed by atoms with E-state index in [0.717, 1.165) is 6.07 Å². The van der Waals surface area contributed by atoms with Crippen molar-refractivity contribution in [1.82, 2.24) is 5.32 Å². The molecule has 0 aliphatic carbocycles. The Morgan fingerprint density at radius 1 is 1.08 bits per heavy atom.